The van der Waals surface area contributed by atoms with Crippen molar-refractivity contribution in [3.8, 4) is 0 Å². The van der Waals surface area contributed by atoms with Crippen LogP contribution in [0.15, 0.2) is 0 Å². The Morgan fingerprint density at radius 2 is 1.64 bits per heavy atom. The summed E-state index contributed by atoms with van der Waals surface area (Å²) in [6.45, 7) is -0.842. The molecule has 0 radical (unpaired) electrons. The van der Waals surface area contributed by atoms with Crippen LogP contribution in [0.2, 0.25) is 0 Å². The van der Waals surface area contributed by atoms with Gasteiger partial charge in [-0.1, -0.05) is 0 Å². The van der Waals surface area contributed by atoms with Gasteiger partial charge in [0, 0.05) is 0 Å². The molecule has 0 saturated carbocycles. The highest BCUT2D eigenvalue weighted by atomic mass is 16.5. The average molecular weight is 211 g/mol. The van der Waals surface area contributed by atoms with E-state index in [1.165, 1.54) is 0 Å². The lowest BCUT2D eigenvalue weighted by Crippen LogP contribution is -2.51. The molecule has 0 aromatic rings. The predicted octanol–water partition coefficient (Wildman–Crippen LogP) is -4.07. The van der Waals surface area contributed by atoms with Crippen molar-refractivity contribution >= 4 is 5.91 Å². The first kappa shape index (κ1) is 13.2. The maximum absolute atomic E-state index is 10.5. The Hall–Kier alpha value is -0.770. The van der Waals surface area contributed by atoms with Crippen LogP contribution in [0.3, 0.4) is 0 Å². The van der Waals surface area contributed by atoms with Gasteiger partial charge in [-0.05, 0) is 0 Å². The van der Waals surface area contributed by atoms with Crippen LogP contribution in [0, 0.1) is 0 Å². The van der Waals surface area contributed by atoms with E-state index in [0.29, 0.717) is 0 Å². The summed E-state index contributed by atoms with van der Waals surface area (Å²) >= 11 is 0. The van der Waals surface area contributed by atoms with Crippen molar-refractivity contribution in [1.82, 2.24) is 5.48 Å². The predicted molar refractivity (Wildman–Crippen MR) is 41.0 cm³/mol. The van der Waals surface area contributed by atoms with Crippen molar-refractivity contribution in [2.45, 2.75) is 24.4 Å². The summed E-state index contributed by atoms with van der Waals surface area (Å²) in [5.41, 5.74) is 1.05. The number of carbonyl (C=O) groups is 1. The lowest BCUT2D eigenvalue weighted by atomic mass is 10.0. The van der Waals surface area contributed by atoms with Crippen LogP contribution in [0.5, 0.6) is 0 Å². The lowest BCUT2D eigenvalue weighted by molar-refractivity contribution is -0.156. The van der Waals surface area contributed by atoms with E-state index in [-0.39, 0.29) is 0 Å². The largest absolute Gasteiger partial charge is 0.394 e. The molecule has 0 bridgehead atoms. The van der Waals surface area contributed by atoms with Crippen molar-refractivity contribution < 1.29 is 35.5 Å². The lowest BCUT2D eigenvalue weighted by Gasteiger charge is -2.24. The van der Waals surface area contributed by atoms with Gasteiger partial charge in [-0.2, -0.15) is 0 Å². The minimum atomic E-state index is -2.10. The van der Waals surface area contributed by atoms with Crippen LogP contribution in [0.4, 0.5) is 0 Å². The van der Waals surface area contributed by atoms with Crippen LogP contribution in [0.1, 0.15) is 0 Å². The summed E-state index contributed by atoms with van der Waals surface area (Å²) in [6.07, 6.45) is -7.70. The Morgan fingerprint density at radius 3 is 2.00 bits per heavy atom. The van der Waals surface area contributed by atoms with Crippen molar-refractivity contribution in [3.63, 3.8) is 0 Å². The first-order valence-corrected chi connectivity index (χ1v) is 3.72. The Balaban J connectivity index is 4.30. The molecular weight excluding hydrogens is 198 g/mol. The first-order valence-electron chi connectivity index (χ1n) is 3.72. The highest BCUT2D eigenvalue weighted by Crippen LogP contribution is 2.04. The van der Waals surface area contributed by atoms with Crippen molar-refractivity contribution in [2.24, 2.45) is 0 Å². The molecule has 0 unspecified atom stereocenters. The molecule has 0 fully saturated rings. The summed E-state index contributed by atoms with van der Waals surface area (Å²) in [6, 6.07) is 0. The topological polar surface area (TPSA) is 150 Å². The van der Waals surface area contributed by atoms with Gasteiger partial charge in [0.1, 0.15) is 18.3 Å². The number of hydrogen-bond donors (Lipinski definition) is 7. The van der Waals surface area contributed by atoms with Gasteiger partial charge in [0.15, 0.2) is 6.10 Å². The second kappa shape index (κ2) is 5.86. The van der Waals surface area contributed by atoms with Crippen molar-refractivity contribution in [1.29, 1.82) is 0 Å². The first-order chi connectivity index (χ1) is 6.45. The molecule has 8 nitrogen and oxygen atoms in total. The number of hydroxylamine groups is 1. The molecule has 14 heavy (non-hydrogen) atoms. The molecule has 0 aromatic heterocycles. The van der Waals surface area contributed by atoms with E-state index in [9.17, 15) is 4.79 Å². The van der Waals surface area contributed by atoms with Gasteiger partial charge in [0.25, 0.3) is 5.91 Å². The summed E-state index contributed by atoms with van der Waals surface area (Å²) in [5, 5.41) is 52.3. The average Bonchev–Trinajstić information content (AvgIpc) is 2.23. The molecule has 4 atom stereocenters. The molecule has 0 heterocycles. The summed E-state index contributed by atoms with van der Waals surface area (Å²) < 4.78 is 0. The zero-order chi connectivity index (χ0) is 11.3. The zero-order valence-electron chi connectivity index (χ0n) is 7.11. The maximum atomic E-state index is 10.5. The maximum Gasteiger partial charge on any atom is 0.274 e. The molecule has 0 aliphatic rings. The molecule has 84 valence electrons. The molecule has 7 N–H and O–H groups in total. The molecule has 0 saturated heterocycles. The molecule has 0 aromatic carbocycles. The number of rotatable bonds is 5. The summed E-state index contributed by atoms with van der Waals surface area (Å²) in [7, 11) is 0. The fourth-order valence-corrected chi connectivity index (χ4v) is 0.744. The minimum Gasteiger partial charge on any atom is -0.394 e. The van der Waals surface area contributed by atoms with Gasteiger partial charge < -0.3 is 25.5 Å². The third-order valence-electron chi connectivity index (χ3n) is 1.63. The highest BCUT2D eigenvalue weighted by molar-refractivity contribution is 5.79. The summed E-state index contributed by atoms with van der Waals surface area (Å²) in [5.74, 6) is -1.33. The zero-order valence-corrected chi connectivity index (χ0v) is 7.11. The highest BCUT2D eigenvalue weighted by Gasteiger charge is 2.33. The number of carbonyl (C=O) groups excluding carboxylic acids is 1. The normalized spacial score (nSPS) is 19.6. The number of hydrogen-bond acceptors (Lipinski definition) is 7. The smallest absolute Gasteiger partial charge is 0.274 e. The number of amides is 1. The number of aliphatic hydroxyl groups is 5. The quantitative estimate of drug-likeness (QED) is 0.180. The molecule has 8 heteroatoms. The van der Waals surface area contributed by atoms with E-state index in [2.05, 4.69) is 0 Å². The van der Waals surface area contributed by atoms with Crippen LogP contribution in [-0.2, 0) is 4.79 Å². The van der Waals surface area contributed by atoms with Gasteiger partial charge in [-0.15, -0.1) is 0 Å². The van der Waals surface area contributed by atoms with E-state index in [0.717, 1.165) is 5.48 Å². The molecular formula is C6H13NO7. The van der Waals surface area contributed by atoms with E-state index < -0.39 is 36.9 Å². The van der Waals surface area contributed by atoms with Crippen LogP contribution in [0.25, 0.3) is 0 Å². The van der Waals surface area contributed by atoms with Crippen LogP contribution >= 0.6 is 0 Å². The minimum absolute atomic E-state index is 0.842. The van der Waals surface area contributed by atoms with Gasteiger partial charge in [-0.3, -0.25) is 10.0 Å². The van der Waals surface area contributed by atoms with Gasteiger partial charge in [0.2, 0.25) is 0 Å². The van der Waals surface area contributed by atoms with Gasteiger partial charge in [-0.25, -0.2) is 5.48 Å². The molecule has 0 aliphatic carbocycles. The number of nitrogens with one attached hydrogen (secondary N) is 1. The van der Waals surface area contributed by atoms with Crippen molar-refractivity contribution in [2.75, 3.05) is 6.61 Å². The van der Waals surface area contributed by atoms with E-state index in [4.69, 9.17) is 30.7 Å². The number of aliphatic hydroxyl groups excluding tert-OH is 5. The standard InChI is InChI=1S/C6H13NO7/c8-1-2(9)3(10)4(11)5(12)6(13)7-14/h2-5,8-12,14H,1H2,(H,7,13)/t2-,3+,4+,5+/m1/s1. The van der Waals surface area contributed by atoms with E-state index in [1.54, 1.807) is 0 Å². The molecule has 0 spiro atoms. The third kappa shape index (κ3) is 3.18. The van der Waals surface area contributed by atoms with Crippen molar-refractivity contribution in [3.05, 3.63) is 0 Å². The molecule has 1 amide bonds. The Labute approximate surface area is 79.0 Å². The fourth-order valence-electron chi connectivity index (χ4n) is 0.744. The monoisotopic (exact) mass is 211 g/mol. The van der Waals surface area contributed by atoms with Gasteiger partial charge >= 0.3 is 0 Å². The summed E-state index contributed by atoms with van der Waals surface area (Å²) in [4.78, 5) is 10.5. The SMILES string of the molecule is O=C(NO)[C@@H](O)[C@@H](O)[C@@H](O)[C@H](O)CO. The van der Waals surface area contributed by atoms with Crippen LogP contribution < -0.4 is 5.48 Å². The van der Waals surface area contributed by atoms with Crippen LogP contribution in [-0.4, -0.2) is 67.7 Å². The Bertz CT molecular complexity index is 187. The Kier molecular flexibility index (Phi) is 5.53. The van der Waals surface area contributed by atoms with E-state index >= 15 is 0 Å². The second-order valence-corrected chi connectivity index (χ2v) is 2.65. The van der Waals surface area contributed by atoms with Gasteiger partial charge in [0.05, 0.1) is 6.61 Å². The molecule has 0 aliphatic heterocycles. The Morgan fingerprint density at radius 1 is 1.14 bits per heavy atom. The fraction of sp³-hybridized carbons (Fsp3) is 0.833. The second-order valence-electron chi connectivity index (χ2n) is 2.65. The molecule has 0 rings (SSSR count). The van der Waals surface area contributed by atoms with E-state index in [1.807, 2.05) is 0 Å². The third-order valence-corrected chi connectivity index (χ3v) is 1.63.